The van der Waals surface area contributed by atoms with Crippen LogP contribution in [-0.2, 0) is 14.4 Å². The lowest BCUT2D eigenvalue weighted by Crippen LogP contribution is -2.37. The number of hydrogen-bond donors (Lipinski definition) is 2. The maximum Gasteiger partial charge on any atom is 0.246 e. The summed E-state index contributed by atoms with van der Waals surface area (Å²) in [6.45, 7) is 1.28. The standard InChI is InChI=1S/C26H23ClN4O3/c1-16(32)28-15-23(33)31(2)20-11-9-19(10-12-20)29-25(17-6-4-3-5-7-17)24-21-13-8-18(27)14-22(21)30-26(24)34/h3-14,24H,15H2,1-2H3,(H,28,32)(H,30,34). The molecule has 0 saturated heterocycles. The van der Waals surface area contributed by atoms with E-state index in [-0.39, 0.29) is 24.3 Å². The van der Waals surface area contributed by atoms with Crippen molar-refractivity contribution < 1.29 is 14.4 Å². The van der Waals surface area contributed by atoms with E-state index in [0.717, 1.165) is 11.1 Å². The number of carbonyl (C=O) groups excluding carboxylic acids is 3. The molecule has 1 atom stereocenters. The first-order valence-corrected chi connectivity index (χ1v) is 11.1. The number of benzene rings is 3. The van der Waals surface area contributed by atoms with E-state index in [9.17, 15) is 14.4 Å². The zero-order chi connectivity index (χ0) is 24.2. The van der Waals surface area contributed by atoms with Crippen LogP contribution in [-0.4, -0.2) is 37.0 Å². The molecule has 7 nitrogen and oxygen atoms in total. The third kappa shape index (κ3) is 5.00. The predicted octanol–water partition coefficient (Wildman–Crippen LogP) is 4.30. The first-order valence-electron chi connectivity index (χ1n) is 10.7. The number of carbonyl (C=O) groups is 3. The van der Waals surface area contributed by atoms with Crippen LogP contribution in [0.4, 0.5) is 17.1 Å². The molecule has 3 aromatic carbocycles. The number of halogens is 1. The monoisotopic (exact) mass is 474 g/mol. The van der Waals surface area contributed by atoms with Gasteiger partial charge in [0.05, 0.1) is 17.9 Å². The molecule has 1 aliphatic heterocycles. The predicted molar refractivity (Wildman–Crippen MR) is 134 cm³/mol. The van der Waals surface area contributed by atoms with Crippen LogP contribution in [0.15, 0.2) is 77.8 Å². The van der Waals surface area contributed by atoms with Gasteiger partial charge in [0.25, 0.3) is 0 Å². The average molecular weight is 475 g/mol. The van der Waals surface area contributed by atoms with Gasteiger partial charge in [0, 0.05) is 30.4 Å². The van der Waals surface area contributed by atoms with E-state index in [0.29, 0.717) is 27.8 Å². The Balaban J connectivity index is 1.67. The largest absolute Gasteiger partial charge is 0.347 e. The Kier molecular flexibility index (Phi) is 6.75. The lowest BCUT2D eigenvalue weighted by molar-refractivity contribution is -0.123. The second kappa shape index (κ2) is 9.89. The van der Waals surface area contributed by atoms with Gasteiger partial charge in [-0.2, -0.15) is 0 Å². The van der Waals surface area contributed by atoms with Crippen LogP contribution in [0.1, 0.15) is 24.0 Å². The molecule has 0 saturated carbocycles. The zero-order valence-corrected chi connectivity index (χ0v) is 19.5. The molecule has 8 heteroatoms. The molecule has 1 unspecified atom stereocenters. The van der Waals surface area contributed by atoms with Crippen LogP contribution < -0.4 is 15.5 Å². The van der Waals surface area contributed by atoms with E-state index in [1.54, 1.807) is 43.4 Å². The lowest BCUT2D eigenvalue weighted by atomic mass is 9.90. The Morgan fingerprint density at radius 2 is 1.76 bits per heavy atom. The van der Waals surface area contributed by atoms with Crippen LogP contribution in [0.5, 0.6) is 0 Å². The summed E-state index contributed by atoms with van der Waals surface area (Å²) in [6, 6.07) is 22.0. The molecule has 2 N–H and O–H groups in total. The zero-order valence-electron chi connectivity index (χ0n) is 18.7. The molecule has 0 bridgehead atoms. The normalized spacial score (nSPS) is 14.9. The average Bonchev–Trinajstić information content (AvgIpc) is 3.15. The van der Waals surface area contributed by atoms with Crippen molar-refractivity contribution >= 4 is 52.1 Å². The topological polar surface area (TPSA) is 90.9 Å². The fraction of sp³-hybridized carbons (Fsp3) is 0.154. The molecule has 4 rings (SSSR count). The highest BCUT2D eigenvalue weighted by Crippen LogP contribution is 2.37. The third-order valence-corrected chi connectivity index (χ3v) is 5.77. The van der Waals surface area contributed by atoms with E-state index in [4.69, 9.17) is 16.6 Å². The highest BCUT2D eigenvalue weighted by molar-refractivity contribution is 6.31. The van der Waals surface area contributed by atoms with Crippen LogP contribution in [0, 0.1) is 0 Å². The van der Waals surface area contributed by atoms with Gasteiger partial charge in [-0.1, -0.05) is 48.0 Å². The van der Waals surface area contributed by atoms with E-state index in [2.05, 4.69) is 10.6 Å². The number of anilines is 2. The van der Waals surface area contributed by atoms with Gasteiger partial charge in [0.1, 0.15) is 5.92 Å². The summed E-state index contributed by atoms with van der Waals surface area (Å²) in [6.07, 6.45) is 0. The Morgan fingerprint density at radius 1 is 1.06 bits per heavy atom. The van der Waals surface area contributed by atoms with Crippen molar-refractivity contribution in [1.82, 2.24) is 5.32 Å². The van der Waals surface area contributed by atoms with Crippen LogP contribution in [0.2, 0.25) is 5.02 Å². The fourth-order valence-electron chi connectivity index (χ4n) is 3.76. The highest BCUT2D eigenvalue weighted by Gasteiger charge is 2.35. The molecule has 1 aliphatic rings. The summed E-state index contributed by atoms with van der Waals surface area (Å²) in [5, 5.41) is 5.95. The van der Waals surface area contributed by atoms with Gasteiger partial charge in [-0.15, -0.1) is 0 Å². The van der Waals surface area contributed by atoms with Gasteiger partial charge >= 0.3 is 0 Å². The molecular weight excluding hydrogens is 452 g/mol. The minimum atomic E-state index is -0.587. The number of amides is 3. The van der Waals surface area contributed by atoms with Crippen molar-refractivity contribution in [3.63, 3.8) is 0 Å². The van der Waals surface area contributed by atoms with Crippen molar-refractivity contribution in [2.45, 2.75) is 12.8 Å². The summed E-state index contributed by atoms with van der Waals surface area (Å²) in [5.41, 5.74) is 4.24. The summed E-state index contributed by atoms with van der Waals surface area (Å²) < 4.78 is 0. The molecule has 172 valence electrons. The minimum absolute atomic E-state index is 0.0793. The van der Waals surface area contributed by atoms with Crippen molar-refractivity contribution in [2.24, 2.45) is 4.99 Å². The molecule has 1 heterocycles. The summed E-state index contributed by atoms with van der Waals surface area (Å²) >= 11 is 6.11. The summed E-state index contributed by atoms with van der Waals surface area (Å²) in [4.78, 5) is 42.6. The molecule has 0 aliphatic carbocycles. The first-order chi connectivity index (χ1) is 16.3. The van der Waals surface area contributed by atoms with Crippen LogP contribution in [0.25, 0.3) is 0 Å². The van der Waals surface area contributed by atoms with E-state index in [1.165, 1.54) is 11.8 Å². The molecular formula is C26H23ClN4O3. The molecule has 0 radical (unpaired) electrons. The van der Waals surface area contributed by atoms with E-state index < -0.39 is 5.92 Å². The third-order valence-electron chi connectivity index (χ3n) is 5.54. The number of likely N-dealkylation sites (N-methyl/N-ethyl adjacent to an activating group) is 1. The summed E-state index contributed by atoms with van der Waals surface area (Å²) in [7, 11) is 1.64. The summed E-state index contributed by atoms with van der Waals surface area (Å²) in [5.74, 6) is -1.26. The van der Waals surface area contributed by atoms with E-state index >= 15 is 0 Å². The van der Waals surface area contributed by atoms with Crippen LogP contribution in [0.3, 0.4) is 0 Å². The molecule has 0 fully saturated rings. The van der Waals surface area contributed by atoms with Gasteiger partial charge in [0.15, 0.2) is 0 Å². The van der Waals surface area contributed by atoms with Crippen molar-refractivity contribution in [2.75, 3.05) is 23.8 Å². The number of rotatable bonds is 6. The second-order valence-electron chi connectivity index (χ2n) is 7.90. The first kappa shape index (κ1) is 23.2. The number of nitrogens with one attached hydrogen (secondary N) is 2. The molecule has 34 heavy (non-hydrogen) atoms. The maximum absolute atomic E-state index is 13.0. The second-order valence-corrected chi connectivity index (χ2v) is 8.33. The van der Waals surface area contributed by atoms with Crippen LogP contribution >= 0.6 is 11.6 Å². The maximum atomic E-state index is 13.0. The van der Waals surface area contributed by atoms with Crippen molar-refractivity contribution in [3.8, 4) is 0 Å². The highest BCUT2D eigenvalue weighted by atomic mass is 35.5. The quantitative estimate of drug-likeness (QED) is 0.522. The molecule has 0 aromatic heterocycles. The molecule has 0 spiro atoms. The lowest BCUT2D eigenvalue weighted by Gasteiger charge is -2.18. The number of nitrogens with zero attached hydrogens (tertiary/aromatic N) is 2. The van der Waals surface area contributed by atoms with Gasteiger partial charge in [-0.05, 0) is 47.5 Å². The minimum Gasteiger partial charge on any atom is -0.347 e. The van der Waals surface area contributed by atoms with Gasteiger partial charge in [-0.25, -0.2) is 0 Å². The molecule has 3 amide bonds. The SMILES string of the molecule is CC(=O)NCC(=O)N(C)c1ccc(N=C(c2ccccc2)C2C(=O)Nc3cc(Cl)ccc32)cc1. The van der Waals surface area contributed by atoms with Gasteiger partial charge in [-0.3, -0.25) is 19.4 Å². The van der Waals surface area contributed by atoms with E-state index in [1.807, 2.05) is 36.4 Å². The Hall–Kier alpha value is -3.97. The number of fused-ring (bicyclic) bond motifs is 1. The van der Waals surface area contributed by atoms with Crippen molar-refractivity contribution in [1.29, 1.82) is 0 Å². The molecule has 3 aromatic rings. The smallest absolute Gasteiger partial charge is 0.246 e. The number of aliphatic imine (C=N–C) groups is 1. The Bertz CT molecular complexity index is 1270. The van der Waals surface area contributed by atoms with Crippen molar-refractivity contribution in [3.05, 3.63) is 88.9 Å². The van der Waals surface area contributed by atoms with Gasteiger partial charge < -0.3 is 15.5 Å². The number of hydrogen-bond acceptors (Lipinski definition) is 4. The Labute approximate surface area is 202 Å². The Morgan fingerprint density at radius 3 is 2.44 bits per heavy atom. The fourth-order valence-corrected chi connectivity index (χ4v) is 3.94. The van der Waals surface area contributed by atoms with Gasteiger partial charge in [0.2, 0.25) is 17.7 Å².